The number of fused-ring (bicyclic) bond motifs is 20. The van der Waals surface area contributed by atoms with Gasteiger partial charge in [0, 0.05) is 0 Å². The first kappa shape index (κ1) is 26.2. The zero-order valence-corrected chi connectivity index (χ0v) is 25.0. The van der Waals surface area contributed by atoms with Gasteiger partial charge in [-0.15, -0.1) is 0 Å². The summed E-state index contributed by atoms with van der Waals surface area (Å²) in [6, 6.07) is 29.1. The Kier molecular flexibility index (Phi) is 5.18. The van der Waals surface area contributed by atoms with Crippen LogP contribution in [0.25, 0.3) is 89.7 Å². The number of nitrogens with one attached hydrogen (secondary N) is 2. The third-order valence-corrected chi connectivity index (χ3v) is 10.5. The normalized spacial score (nSPS) is 13.4. The topological polar surface area (TPSA) is 213 Å². The van der Waals surface area contributed by atoms with Gasteiger partial charge in [-0.05, 0) is 0 Å². The van der Waals surface area contributed by atoms with E-state index in [1.54, 1.807) is 6.07 Å². The number of H-pyrrole nitrogens is 2. The number of hydrogen-bond donors (Lipinski definition) is 6. The summed E-state index contributed by atoms with van der Waals surface area (Å²) in [5, 5.41) is 3.09. The molecular formula is C32H25N12Pd. The van der Waals surface area contributed by atoms with Crippen LogP contribution < -0.4 is 21.5 Å². The van der Waals surface area contributed by atoms with Crippen molar-refractivity contribution in [3.8, 4) is 45.6 Å². The second kappa shape index (κ2) is 8.90. The number of aromatic amines is 2. The summed E-state index contributed by atoms with van der Waals surface area (Å²) in [5.74, 6) is 1.97. The van der Waals surface area contributed by atoms with E-state index in [0.717, 1.165) is 33.0 Å². The van der Waals surface area contributed by atoms with Gasteiger partial charge in [-0.2, -0.15) is 0 Å². The zero-order valence-electron chi connectivity index (χ0n) is 23.5. The van der Waals surface area contributed by atoms with E-state index in [1.165, 1.54) is 0 Å². The van der Waals surface area contributed by atoms with Crippen molar-refractivity contribution in [2.45, 2.75) is 0 Å². The quantitative estimate of drug-likeness (QED) is 0.138. The number of rotatable bonds is 1. The average Bonchev–Trinajstić information content (AvgIpc) is 3.76. The van der Waals surface area contributed by atoms with Crippen LogP contribution in [0.4, 0.5) is 0 Å². The van der Waals surface area contributed by atoms with E-state index >= 15 is 0 Å². The van der Waals surface area contributed by atoms with Crippen molar-refractivity contribution in [1.29, 1.82) is 0 Å². The SMILES string of the molecule is [NH2][Pd]([NH2])([NH2])([NH2])[c]1cccc2c3nc4nc(nc5[nH]c(nc6nc(nc([nH]3)c12)-c1ccccc1-6)c1ccccc51)-c1ccccc1-4. The van der Waals surface area contributed by atoms with Crippen LogP contribution >= 0.6 is 0 Å². The van der Waals surface area contributed by atoms with Crippen molar-refractivity contribution in [1.82, 2.24) is 39.9 Å². The molecule has 7 aromatic rings. The van der Waals surface area contributed by atoms with Gasteiger partial charge < -0.3 is 0 Å². The molecule has 0 amide bonds. The summed E-state index contributed by atoms with van der Waals surface area (Å²) in [5.41, 5.74) is 5.51. The van der Waals surface area contributed by atoms with Gasteiger partial charge in [-0.3, -0.25) is 0 Å². The fourth-order valence-electron chi connectivity index (χ4n) is 5.93. The molecule has 3 aromatic heterocycles. The molecule has 8 bridgehead atoms. The van der Waals surface area contributed by atoms with Crippen molar-refractivity contribution in [3.05, 3.63) is 91.0 Å². The predicted octanol–water partition coefficient (Wildman–Crippen LogP) is 3.68. The number of benzene rings is 4. The van der Waals surface area contributed by atoms with Crippen LogP contribution in [0.2, 0.25) is 0 Å². The summed E-state index contributed by atoms with van der Waals surface area (Å²) < 4.78 is 26.2. The summed E-state index contributed by atoms with van der Waals surface area (Å²) in [4.78, 5) is 36.7. The van der Waals surface area contributed by atoms with Crippen LogP contribution in [-0.2, 0) is 15.3 Å². The Morgan fingerprint density at radius 1 is 0.400 bits per heavy atom. The molecule has 0 spiro atoms. The van der Waals surface area contributed by atoms with Crippen LogP contribution in [-0.4, -0.2) is 39.9 Å². The van der Waals surface area contributed by atoms with Gasteiger partial charge in [-0.1, -0.05) is 6.07 Å². The Hall–Kier alpha value is -5.26. The second-order valence-electron chi connectivity index (χ2n) is 10.9. The molecule has 0 unspecified atom stereocenters. The van der Waals surface area contributed by atoms with Crippen LogP contribution in [0.5, 0.6) is 0 Å². The van der Waals surface area contributed by atoms with Crippen molar-refractivity contribution in [2.24, 2.45) is 17.5 Å². The summed E-state index contributed by atoms with van der Waals surface area (Å²) in [6.45, 7) is 0. The molecule has 2 aliphatic rings. The Labute approximate surface area is 256 Å². The van der Waals surface area contributed by atoms with E-state index in [4.69, 9.17) is 47.4 Å². The number of aromatic nitrogens is 8. The third-order valence-electron chi connectivity index (χ3n) is 7.90. The van der Waals surface area contributed by atoms with Crippen LogP contribution in [0, 0.1) is 0 Å². The maximum atomic E-state index is 6.44. The number of hydrogen-bond acceptors (Lipinski definition) is 10. The summed E-state index contributed by atoms with van der Waals surface area (Å²) in [7, 11) is 0. The monoisotopic (exact) mass is 683 g/mol. The van der Waals surface area contributed by atoms with Gasteiger partial charge in [0.15, 0.2) is 0 Å². The molecule has 4 aromatic carbocycles. The molecule has 13 heteroatoms. The Bertz CT molecular complexity index is 2560. The first-order valence-corrected chi connectivity index (χ1v) is 18.2. The molecule has 5 heterocycles. The van der Waals surface area contributed by atoms with Crippen molar-refractivity contribution in [3.63, 3.8) is 0 Å². The van der Waals surface area contributed by atoms with Gasteiger partial charge in [0.2, 0.25) is 0 Å². The Morgan fingerprint density at radius 3 is 1.24 bits per heavy atom. The van der Waals surface area contributed by atoms with Gasteiger partial charge in [-0.25, -0.2) is 0 Å². The Balaban J connectivity index is 1.52. The fraction of sp³-hybridized carbons (Fsp3) is 0. The molecule has 0 radical (unpaired) electrons. The third kappa shape index (κ3) is 4.04. The predicted molar refractivity (Wildman–Crippen MR) is 172 cm³/mol. The van der Waals surface area contributed by atoms with E-state index < -0.39 is 15.3 Å². The maximum absolute atomic E-state index is 6.44. The molecule has 0 saturated heterocycles. The molecule has 9 rings (SSSR count). The first-order chi connectivity index (χ1) is 21.7. The van der Waals surface area contributed by atoms with Crippen molar-refractivity contribution in [2.75, 3.05) is 0 Å². The van der Waals surface area contributed by atoms with E-state index in [2.05, 4.69) is 9.97 Å². The van der Waals surface area contributed by atoms with Gasteiger partial charge >= 0.3 is 251 Å². The Morgan fingerprint density at radius 2 is 0.778 bits per heavy atom. The molecule has 45 heavy (non-hydrogen) atoms. The molecular weight excluding hydrogens is 659 g/mol. The molecule has 223 valence electrons. The molecule has 12 nitrogen and oxygen atoms in total. The zero-order chi connectivity index (χ0) is 30.5. The van der Waals surface area contributed by atoms with Crippen molar-refractivity contribution < 1.29 is 15.3 Å². The second-order valence-corrected chi connectivity index (χ2v) is 16.6. The van der Waals surface area contributed by atoms with Crippen molar-refractivity contribution >= 4 is 48.2 Å². The average molecular weight is 684 g/mol. The van der Waals surface area contributed by atoms with Crippen LogP contribution in [0.15, 0.2) is 91.0 Å². The van der Waals surface area contributed by atoms with E-state index in [9.17, 15) is 0 Å². The summed E-state index contributed by atoms with van der Waals surface area (Å²) >= 11 is -4.66. The molecule has 2 aliphatic heterocycles. The summed E-state index contributed by atoms with van der Waals surface area (Å²) in [6.07, 6.45) is 0. The molecule has 10 N–H and O–H groups in total. The van der Waals surface area contributed by atoms with E-state index in [-0.39, 0.29) is 0 Å². The molecule has 0 aliphatic carbocycles. The standard InChI is InChI=1S/C32H17N8.4H2N.Pd/c1-2-10-18-17(9-1)25-33-26(18)38-28-21-13-5-6-14-22(21)30(35-28)40-32-24-16-8-7-15-23(24)31(36-32)39-29-20-12-4-3-11-19(20)27(34-29)37-25;;;;;/h1-15H,(H2,33,34,35,36,37,38,39,40);4*1H2;/q;4*-1;+4. The first-order valence-electron chi connectivity index (χ1n) is 13.8. The number of nitrogens with two attached hydrogens (primary N) is 4. The van der Waals surface area contributed by atoms with Gasteiger partial charge in [0.1, 0.15) is 0 Å². The molecule has 0 fully saturated rings. The molecule has 0 atom stereocenters. The van der Waals surface area contributed by atoms with Gasteiger partial charge in [0.05, 0.1) is 0 Å². The number of nitrogens with zero attached hydrogens (tertiary/aromatic N) is 6. The van der Waals surface area contributed by atoms with E-state index in [0.29, 0.717) is 60.7 Å². The minimum absolute atomic E-state index is 0.420. The van der Waals surface area contributed by atoms with E-state index in [1.807, 2.05) is 84.9 Å². The van der Waals surface area contributed by atoms with Crippen LogP contribution in [0.3, 0.4) is 0 Å². The fourth-order valence-corrected chi connectivity index (χ4v) is 7.97. The minimum atomic E-state index is -4.66. The molecule has 0 saturated carbocycles. The van der Waals surface area contributed by atoms with Crippen LogP contribution in [0.1, 0.15) is 0 Å². The van der Waals surface area contributed by atoms with Gasteiger partial charge in [0.25, 0.3) is 0 Å².